The van der Waals surface area contributed by atoms with E-state index in [1.54, 1.807) is 0 Å². The summed E-state index contributed by atoms with van der Waals surface area (Å²) >= 11 is 0. The largest absolute Gasteiger partial charge is 1.00 e. The smallest absolute Gasteiger partial charge is 0.725 e. The first-order valence-corrected chi connectivity index (χ1v) is 10.1. The van der Waals surface area contributed by atoms with Crippen LogP contribution in [0.4, 0.5) is 0 Å². The summed E-state index contributed by atoms with van der Waals surface area (Å²) in [5, 5.41) is 0. The zero-order valence-electron chi connectivity index (χ0n) is 15.2. The van der Waals surface area contributed by atoms with Gasteiger partial charge in [0.15, 0.2) is 6.29 Å². The zero-order chi connectivity index (χ0) is 16.7. The number of hydrogen-bond acceptors (Lipinski definition) is 5. The molecule has 0 aliphatic heterocycles. The first kappa shape index (κ1) is 26.1. The van der Waals surface area contributed by atoms with Crippen LogP contribution in [-0.4, -0.2) is 25.9 Å². The van der Waals surface area contributed by atoms with Crippen LogP contribution in [0.2, 0.25) is 0 Å². The van der Waals surface area contributed by atoms with Crippen LogP contribution < -0.4 is 29.6 Å². The van der Waals surface area contributed by atoms with Gasteiger partial charge in [-0.2, -0.15) is 0 Å². The Morgan fingerprint density at radius 1 is 0.826 bits per heavy atom. The number of unbranched alkanes of at least 4 members (excludes halogenated alkanes) is 9. The predicted octanol–water partition coefficient (Wildman–Crippen LogP) is 1.53. The number of rotatable bonds is 16. The third-order valence-corrected chi connectivity index (χ3v) is 4.00. The SMILES string of the molecule is CCCCCCCCCCCCOC(CCC)OS(=O)(=O)[O-].[Na+]. The van der Waals surface area contributed by atoms with Gasteiger partial charge in [0.05, 0.1) is 0 Å². The fourth-order valence-corrected chi connectivity index (χ4v) is 2.75. The van der Waals surface area contributed by atoms with Crippen molar-refractivity contribution in [2.75, 3.05) is 6.61 Å². The molecule has 0 aliphatic carbocycles. The van der Waals surface area contributed by atoms with Crippen molar-refractivity contribution in [3.63, 3.8) is 0 Å². The summed E-state index contributed by atoms with van der Waals surface area (Å²) in [5.41, 5.74) is 0. The molecule has 0 aromatic carbocycles. The Hall–Kier alpha value is 0.830. The Morgan fingerprint density at radius 2 is 1.30 bits per heavy atom. The van der Waals surface area contributed by atoms with Crippen molar-refractivity contribution >= 4 is 10.4 Å². The maximum Gasteiger partial charge on any atom is 1.00 e. The Morgan fingerprint density at radius 3 is 1.74 bits per heavy atom. The van der Waals surface area contributed by atoms with E-state index in [1.165, 1.54) is 51.4 Å². The van der Waals surface area contributed by atoms with Gasteiger partial charge >= 0.3 is 29.6 Å². The second-order valence-electron chi connectivity index (χ2n) is 5.78. The van der Waals surface area contributed by atoms with Crippen molar-refractivity contribution in [2.24, 2.45) is 0 Å². The molecule has 0 rings (SSSR count). The minimum absolute atomic E-state index is 0. The van der Waals surface area contributed by atoms with Gasteiger partial charge in [-0.15, -0.1) is 0 Å². The zero-order valence-corrected chi connectivity index (χ0v) is 18.0. The summed E-state index contributed by atoms with van der Waals surface area (Å²) in [5.74, 6) is 0. The van der Waals surface area contributed by atoms with Crippen molar-refractivity contribution in [3.8, 4) is 0 Å². The van der Waals surface area contributed by atoms with Crippen molar-refractivity contribution < 1.29 is 51.4 Å². The van der Waals surface area contributed by atoms with Crippen LogP contribution in [-0.2, 0) is 19.3 Å². The van der Waals surface area contributed by atoms with E-state index in [-0.39, 0.29) is 29.6 Å². The molecule has 0 spiro atoms. The molecule has 0 aromatic heterocycles. The van der Waals surface area contributed by atoms with Crippen molar-refractivity contribution in [2.45, 2.75) is 97.2 Å². The molecule has 1 unspecified atom stereocenters. The quantitative estimate of drug-likeness (QED) is 0.137. The van der Waals surface area contributed by atoms with Crippen molar-refractivity contribution in [1.29, 1.82) is 0 Å². The van der Waals surface area contributed by atoms with Crippen LogP contribution >= 0.6 is 0 Å². The minimum Gasteiger partial charge on any atom is -0.725 e. The van der Waals surface area contributed by atoms with E-state index in [1.807, 2.05) is 6.92 Å². The summed E-state index contributed by atoms with van der Waals surface area (Å²) in [6.07, 6.45) is 12.5. The van der Waals surface area contributed by atoms with E-state index in [0.29, 0.717) is 19.4 Å². The van der Waals surface area contributed by atoms with Crippen LogP contribution in [0, 0.1) is 0 Å². The Kier molecular flexibility index (Phi) is 20.0. The summed E-state index contributed by atoms with van der Waals surface area (Å²) in [7, 11) is -4.69. The number of hydrogen-bond donors (Lipinski definition) is 0. The predicted molar refractivity (Wildman–Crippen MR) is 87.3 cm³/mol. The molecule has 7 heteroatoms. The standard InChI is InChI=1S/C16H34O5S.Na/c1-3-5-6-7-8-9-10-11-12-13-15-20-16(14-4-2)21-22(17,18)19;/h16H,3-15H2,1-2H3,(H,17,18,19);/q;+1/p-1. The normalized spacial score (nSPS) is 12.8. The average Bonchev–Trinajstić information content (AvgIpc) is 2.43. The van der Waals surface area contributed by atoms with Gasteiger partial charge in [0.1, 0.15) is 0 Å². The molecule has 5 nitrogen and oxygen atoms in total. The van der Waals surface area contributed by atoms with Crippen LogP contribution in [0.25, 0.3) is 0 Å². The van der Waals surface area contributed by atoms with E-state index in [2.05, 4.69) is 11.1 Å². The van der Waals surface area contributed by atoms with E-state index in [0.717, 1.165) is 12.8 Å². The molecule has 0 saturated heterocycles. The van der Waals surface area contributed by atoms with Gasteiger partial charge in [0.25, 0.3) is 0 Å². The third kappa shape index (κ3) is 20.8. The number of ether oxygens (including phenoxy) is 1. The maximum atomic E-state index is 10.6. The molecule has 0 aliphatic rings. The molecule has 0 saturated carbocycles. The first-order valence-electron chi connectivity index (χ1n) is 8.75. The van der Waals surface area contributed by atoms with Gasteiger partial charge < -0.3 is 9.29 Å². The first-order chi connectivity index (χ1) is 10.5. The molecule has 23 heavy (non-hydrogen) atoms. The topological polar surface area (TPSA) is 75.7 Å². The second kappa shape index (κ2) is 17.6. The fraction of sp³-hybridized carbons (Fsp3) is 1.00. The Labute approximate surface area is 165 Å². The fourth-order valence-electron chi connectivity index (χ4n) is 2.33. The summed E-state index contributed by atoms with van der Waals surface area (Å²) in [4.78, 5) is 0. The van der Waals surface area contributed by atoms with Gasteiger partial charge in [-0.3, -0.25) is 0 Å². The molecule has 0 radical (unpaired) electrons. The van der Waals surface area contributed by atoms with Gasteiger partial charge in [-0.1, -0.05) is 78.1 Å². The molecular weight excluding hydrogens is 327 g/mol. The van der Waals surface area contributed by atoms with E-state index < -0.39 is 16.7 Å². The van der Waals surface area contributed by atoms with Gasteiger partial charge in [-0.25, -0.2) is 12.6 Å². The molecule has 0 N–H and O–H groups in total. The van der Waals surface area contributed by atoms with Crippen LogP contribution in [0.1, 0.15) is 90.9 Å². The summed E-state index contributed by atoms with van der Waals surface area (Å²) in [6.45, 7) is 4.55. The van der Waals surface area contributed by atoms with Crippen molar-refractivity contribution in [3.05, 3.63) is 0 Å². The molecule has 0 heterocycles. The minimum atomic E-state index is -4.69. The maximum absolute atomic E-state index is 10.6. The second-order valence-corrected chi connectivity index (χ2v) is 6.78. The van der Waals surface area contributed by atoms with Gasteiger partial charge in [-0.05, 0) is 12.8 Å². The molecule has 0 bridgehead atoms. The molecular formula is C16H33NaO5S. The molecule has 0 fully saturated rings. The van der Waals surface area contributed by atoms with E-state index >= 15 is 0 Å². The summed E-state index contributed by atoms with van der Waals surface area (Å²) < 4.78 is 41.4. The third-order valence-electron chi connectivity index (χ3n) is 3.55. The van der Waals surface area contributed by atoms with Gasteiger partial charge in [0, 0.05) is 6.61 Å². The average molecular weight is 360 g/mol. The molecule has 0 amide bonds. The van der Waals surface area contributed by atoms with E-state index in [9.17, 15) is 13.0 Å². The van der Waals surface area contributed by atoms with E-state index in [4.69, 9.17) is 4.74 Å². The molecule has 1 atom stereocenters. The van der Waals surface area contributed by atoms with Crippen LogP contribution in [0.5, 0.6) is 0 Å². The monoisotopic (exact) mass is 360 g/mol. The Bertz CT molecular complexity index is 335. The molecule has 0 aromatic rings. The van der Waals surface area contributed by atoms with Crippen LogP contribution in [0.15, 0.2) is 0 Å². The van der Waals surface area contributed by atoms with Crippen LogP contribution in [0.3, 0.4) is 0 Å². The molecule has 134 valence electrons. The summed E-state index contributed by atoms with van der Waals surface area (Å²) in [6, 6.07) is 0. The Balaban J connectivity index is 0. The van der Waals surface area contributed by atoms with Crippen molar-refractivity contribution in [1.82, 2.24) is 0 Å². The van der Waals surface area contributed by atoms with Gasteiger partial charge in [0.2, 0.25) is 10.4 Å².